The first-order chi connectivity index (χ1) is 13.6. The topological polar surface area (TPSA) is 76.9 Å². The van der Waals surface area contributed by atoms with Crippen molar-refractivity contribution in [2.75, 3.05) is 11.1 Å². The van der Waals surface area contributed by atoms with E-state index in [1.807, 2.05) is 25.1 Å². The molecule has 1 N–H and O–H groups in total. The molecule has 6 nitrogen and oxygen atoms in total. The number of ketones is 1. The molecule has 0 saturated heterocycles. The molecule has 0 bridgehead atoms. The van der Waals surface area contributed by atoms with E-state index in [9.17, 15) is 9.59 Å². The molecule has 0 aliphatic heterocycles. The lowest BCUT2D eigenvalue weighted by Gasteiger charge is -2.11. The van der Waals surface area contributed by atoms with Crippen LogP contribution in [0.4, 0.5) is 5.69 Å². The summed E-state index contributed by atoms with van der Waals surface area (Å²) in [5.41, 5.74) is 1.58. The highest BCUT2D eigenvalue weighted by Crippen LogP contribution is 2.38. The Morgan fingerprint density at radius 2 is 1.79 bits per heavy atom. The Morgan fingerprint density at radius 3 is 2.54 bits per heavy atom. The van der Waals surface area contributed by atoms with E-state index >= 15 is 0 Å². The van der Waals surface area contributed by atoms with Crippen molar-refractivity contribution in [3.63, 3.8) is 0 Å². The third kappa shape index (κ3) is 3.99. The zero-order chi connectivity index (χ0) is 19.5. The van der Waals surface area contributed by atoms with Crippen molar-refractivity contribution < 1.29 is 9.59 Å². The molecule has 2 aromatic carbocycles. The molecule has 4 rings (SSSR count). The van der Waals surface area contributed by atoms with E-state index in [0.29, 0.717) is 22.9 Å². The fraction of sp³-hybridized carbons (Fsp3) is 0.238. The maximum atomic E-state index is 12.8. The number of aromatic nitrogens is 3. The number of hydrogen-bond acceptors (Lipinski definition) is 5. The Labute approximate surface area is 167 Å². The summed E-state index contributed by atoms with van der Waals surface area (Å²) in [5, 5.41) is 11.9. The SMILES string of the molecule is Cc1nnc(SCC(=O)Nc2ccccc2C(=O)c2ccccc2)n1C1CC1. The molecule has 1 aliphatic rings. The summed E-state index contributed by atoms with van der Waals surface area (Å²) in [6, 6.07) is 16.6. The molecule has 0 spiro atoms. The molecule has 1 saturated carbocycles. The summed E-state index contributed by atoms with van der Waals surface area (Å²) < 4.78 is 2.10. The molecule has 1 amide bonds. The van der Waals surface area contributed by atoms with Crippen LogP contribution < -0.4 is 5.32 Å². The number of carbonyl (C=O) groups excluding carboxylic acids is 2. The molecule has 142 valence electrons. The number of nitrogens with one attached hydrogen (secondary N) is 1. The third-order valence-corrected chi connectivity index (χ3v) is 5.50. The van der Waals surface area contributed by atoms with Crippen molar-refractivity contribution in [2.24, 2.45) is 0 Å². The molecular weight excluding hydrogens is 372 g/mol. The average Bonchev–Trinajstić information content (AvgIpc) is 3.49. The van der Waals surface area contributed by atoms with Gasteiger partial charge in [-0.25, -0.2) is 0 Å². The summed E-state index contributed by atoms with van der Waals surface area (Å²) in [5.74, 6) is 0.789. The molecular formula is C21H20N4O2S. The first kappa shape index (κ1) is 18.4. The van der Waals surface area contributed by atoms with Crippen LogP contribution >= 0.6 is 11.8 Å². The van der Waals surface area contributed by atoms with Gasteiger partial charge in [-0.05, 0) is 31.9 Å². The second-order valence-corrected chi connectivity index (χ2v) is 7.65. The van der Waals surface area contributed by atoms with Crippen molar-refractivity contribution >= 4 is 29.1 Å². The Balaban J connectivity index is 1.45. The Hall–Kier alpha value is -2.93. The molecule has 1 aromatic heterocycles. The number of aryl methyl sites for hydroxylation is 1. The number of hydrogen-bond donors (Lipinski definition) is 1. The normalized spacial score (nSPS) is 13.3. The summed E-state index contributed by atoms with van der Waals surface area (Å²) in [6.45, 7) is 1.93. The van der Waals surface area contributed by atoms with Crippen molar-refractivity contribution in [1.82, 2.24) is 14.8 Å². The Morgan fingerprint density at radius 1 is 1.07 bits per heavy atom. The quantitative estimate of drug-likeness (QED) is 0.488. The minimum atomic E-state index is -0.179. The predicted molar refractivity (Wildman–Crippen MR) is 109 cm³/mol. The van der Waals surface area contributed by atoms with Crippen LogP contribution in [0.5, 0.6) is 0 Å². The summed E-state index contributed by atoms with van der Waals surface area (Å²) >= 11 is 1.37. The number of amides is 1. The van der Waals surface area contributed by atoms with E-state index in [1.54, 1.807) is 36.4 Å². The standard InChI is InChI=1S/C21H20N4O2S/c1-14-23-24-21(25(14)16-11-12-16)28-13-19(26)22-18-10-6-5-9-17(18)20(27)15-7-3-2-4-8-15/h2-10,16H,11-13H2,1H3,(H,22,26). The zero-order valence-electron chi connectivity index (χ0n) is 15.5. The van der Waals surface area contributed by atoms with Gasteiger partial charge in [-0.3, -0.25) is 9.59 Å². The maximum absolute atomic E-state index is 12.8. The molecule has 7 heteroatoms. The molecule has 1 aliphatic carbocycles. The van der Waals surface area contributed by atoms with Gasteiger partial charge in [-0.2, -0.15) is 0 Å². The molecule has 1 heterocycles. The van der Waals surface area contributed by atoms with Crippen LogP contribution in [0.25, 0.3) is 0 Å². The fourth-order valence-corrected chi connectivity index (χ4v) is 3.90. The second-order valence-electron chi connectivity index (χ2n) is 6.71. The van der Waals surface area contributed by atoms with Gasteiger partial charge < -0.3 is 9.88 Å². The minimum Gasteiger partial charge on any atom is -0.325 e. The predicted octanol–water partition coefficient (Wildman–Crippen LogP) is 3.88. The van der Waals surface area contributed by atoms with Crippen LogP contribution in [0.3, 0.4) is 0 Å². The number of nitrogens with zero attached hydrogens (tertiary/aromatic N) is 3. The maximum Gasteiger partial charge on any atom is 0.234 e. The summed E-state index contributed by atoms with van der Waals surface area (Å²) in [6.07, 6.45) is 2.27. The largest absolute Gasteiger partial charge is 0.325 e. The zero-order valence-corrected chi connectivity index (χ0v) is 16.3. The lowest BCUT2D eigenvalue weighted by atomic mass is 10.0. The van der Waals surface area contributed by atoms with Gasteiger partial charge in [0.1, 0.15) is 5.82 Å². The van der Waals surface area contributed by atoms with E-state index < -0.39 is 0 Å². The minimum absolute atomic E-state index is 0.117. The van der Waals surface area contributed by atoms with Crippen LogP contribution in [0.1, 0.15) is 40.6 Å². The Bertz CT molecular complexity index is 1010. The molecule has 0 radical (unpaired) electrons. The van der Waals surface area contributed by atoms with E-state index in [-0.39, 0.29) is 17.4 Å². The first-order valence-corrected chi connectivity index (χ1v) is 10.1. The number of thioether (sulfide) groups is 1. The highest BCUT2D eigenvalue weighted by molar-refractivity contribution is 7.99. The fourth-order valence-electron chi connectivity index (χ4n) is 3.05. The van der Waals surface area contributed by atoms with Gasteiger partial charge in [0.25, 0.3) is 0 Å². The van der Waals surface area contributed by atoms with Gasteiger partial charge in [-0.1, -0.05) is 54.2 Å². The smallest absolute Gasteiger partial charge is 0.234 e. The van der Waals surface area contributed by atoms with Gasteiger partial charge in [0.05, 0.1) is 11.4 Å². The van der Waals surface area contributed by atoms with Crippen LogP contribution in [0.2, 0.25) is 0 Å². The molecule has 28 heavy (non-hydrogen) atoms. The number of benzene rings is 2. The van der Waals surface area contributed by atoms with Crippen molar-refractivity contribution in [3.8, 4) is 0 Å². The highest BCUT2D eigenvalue weighted by atomic mass is 32.2. The van der Waals surface area contributed by atoms with E-state index in [0.717, 1.165) is 23.8 Å². The van der Waals surface area contributed by atoms with Gasteiger partial charge >= 0.3 is 0 Å². The second kappa shape index (κ2) is 7.98. The van der Waals surface area contributed by atoms with Crippen LogP contribution in [-0.2, 0) is 4.79 Å². The van der Waals surface area contributed by atoms with Crippen molar-refractivity contribution in [1.29, 1.82) is 0 Å². The van der Waals surface area contributed by atoms with Crippen LogP contribution in [0, 0.1) is 6.92 Å². The number of rotatable bonds is 7. The molecule has 3 aromatic rings. The van der Waals surface area contributed by atoms with E-state index in [4.69, 9.17) is 0 Å². The van der Waals surface area contributed by atoms with Gasteiger partial charge in [-0.15, -0.1) is 10.2 Å². The third-order valence-electron chi connectivity index (χ3n) is 4.56. The van der Waals surface area contributed by atoms with Gasteiger partial charge in [0, 0.05) is 17.2 Å². The van der Waals surface area contributed by atoms with Gasteiger partial charge in [0.15, 0.2) is 10.9 Å². The van der Waals surface area contributed by atoms with Crippen LogP contribution in [0.15, 0.2) is 59.8 Å². The molecule has 0 atom stereocenters. The van der Waals surface area contributed by atoms with Crippen molar-refractivity contribution in [3.05, 3.63) is 71.5 Å². The first-order valence-electron chi connectivity index (χ1n) is 9.16. The molecule has 1 fully saturated rings. The summed E-state index contributed by atoms with van der Waals surface area (Å²) in [4.78, 5) is 25.3. The number of para-hydroxylation sites is 1. The van der Waals surface area contributed by atoms with Crippen LogP contribution in [-0.4, -0.2) is 32.2 Å². The van der Waals surface area contributed by atoms with E-state index in [2.05, 4.69) is 20.1 Å². The lowest BCUT2D eigenvalue weighted by molar-refractivity contribution is -0.113. The monoisotopic (exact) mass is 392 g/mol. The average molecular weight is 392 g/mol. The highest BCUT2D eigenvalue weighted by Gasteiger charge is 2.28. The molecule has 0 unspecified atom stereocenters. The van der Waals surface area contributed by atoms with Gasteiger partial charge in [0.2, 0.25) is 5.91 Å². The number of anilines is 1. The number of carbonyl (C=O) groups is 2. The van der Waals surface area contributed by atoms with Crippen molar-refractivity contribution in [2.45, 2.75) is 31.0 Å². The Kier molecular flexibility index (Phi) is 5.25. The van der Waals surface area contributed by atoms with E-state index in [1.165, 1.54) is 11.8 Å². The summed E-state index contributed by atoms with van der Waals surface area (Å²) in [7, 11) is 0. The lowest BCUT2D eigenvalue weighted by Crippen LogP contribution is -2.17.